The lowest BCUT2D eigenvalue weighted by Crippen LogP contribution is -2.45. The molecule has 0 radical (unpaired) electrons. The van der Waals surface area contributed by atoms with E-state index in [2.05, 4.69) is 10.6 Å². The third-order valence-corrected chi connectivity index (χ3v) is 4.21. The van der Waals surface area contributed by atoms with Gasteiger partial charge in [-0.25, -0.2) is 9.59 Å². The number of benzene rings is 2. The summed E-state index contributed by atoms with van der Waals surface area (Å²) in [4.78, 5) is 36.5. The van der Waals surface area contributed by atoms with E-state index in [1.54, 1.807) is 55.5 Å². The Morgan fingerprint density at radius 3 is 2.23 bits per heavy atom. The third kappa shape index (κ3) is 3.35. The first kappa shape index (κ1) is 17.4. The normalized spacial score (nSPS) is 16.5. The van der Waals surface area contributed by atoms with Gasteiger partial charge in [0.25, 0.3) is 0 Å². The molecule has 0 aromatic heterocycles. The highest BCUT2D eigenvalue weighted by atomic mass is 16.5. The maximum Gasteiger partial charge on any atom is 0.337 e. The fourth-order valence-electron chi connectivity index (χ4n) is 2.92. The molecule has 0 aliphatic carbocycles. The van der Waals surface area contributed by atoms with Crippen LogP contribution in [0.4, 0.5) is 4.79 Å². The van der Waals surface area contributed by atoms with Gasteiger partial charge in [-0.05, 0) is 24.6 Å². The molecule has 2 N–H and O–H groups in total. The first-order chi connectivity index (χ1) is 12.5. The lowest BCUT2D eigenvalue weighted by molar-refractivity contribution is 0.0600. The van der Waals surface area contributed by atoms with Gasteiger partial charge in [-0.3, -0.25) is 4.79 Å². The molecule has 1 aliphatic heterocycles. The molecule has 0 spiro atoms. The molecule has 2 aromatic carbocycles. The number of allylic oxidation sites excluding steroid dienone is 1. The topological polar surface area (TPSA) is 84.5 Å². The first-order valence-corrected chi connectivity index (χ1v) is 8.07. The molecule has 1 atom stereocenters. The molecule has 3 rings (SSSR count). The number of carbonyl (C=O) groups is 3. The fourth-order valence-corrected chi connectivity index (χ4v) is 2.92. The van der Waals surface area contributed by atoms with E-state index in [1.807, 2.05) is 6.07 Å². The maximum atomic E-state index is 13.0. The molecule has 0 saturated heterocycles. The number of hydrogen-bond acceptors (Lipinski definition) is 4. The lowest BCUT2D eigenvalue weighted by Gasteiger charge is -2.28. The average molecular weight is 350 g/mol. The van der Waals surface area contributed by atoms with Gasteiger partial charge < -0.3 is 15.4 Å². The summed E-state index contributed by atoms with van der Waals surface area (Å²) in [5.41, 5.74) is 2.60. The van der Waals surface area contributed by atoms with Crippen molar-refractivity contribution in [3.8, 4) is 0 Å². The van der Waals surface area contributed by atoms with Crippen molar-refractivity contribution in [2.45, 2.75) is 13.0 Å². The van der Waals surface area contributed by atoms with Gasteiger partial charge in [-0.2, -0.15) is 0 Å². The summed E-state index contributed by atoms with van der Waals surface area (Å²) in [6.45, 7) is 1.70. The van der Waals surface area contributed by atoms with Gasteiger partial charge in [-0.1, -0.05) is 42.5 Å². The van der Waals surface area contributed by atoms with E-state index in [1.165, 1.54) is 7.11 Å². The Morgan fingerprint density at radius 2 is 1.62 bits per heavy atom. The van der Waals surface area contributed by atoms with E-state index in [4.69, 9.17) is 4.74 Å². The van der Waals surface area contributed by atoms with Crippen molar-refractivity contribution in [1.29, 1.82) is 0 Å². The van der Waals surface area contributed by atoms with Gasteiger partial charge in [0, 0.05) is 16.8 Å². The Morgan fingerprint density at radius 1 is 0.962 bits per heavy atom. The molecule has 132 valence electrons. The van der Waals surface area contributed by atoms with Crippen molar-refractivity contribution in [2.75, 3.05) is 7.11 Å². The summed E-state index contributed by atoms with van der Waals surface area (Å²) in [6, 6.07) is 14.5. The van der Waals surface area contributed by atoms with Crippen LogP contribution < -0.4 is 10.6 Å². The highest BCUT2D eigenvalue weighted by molar-refractivity contribution is 6.11. The van der Waals surface area contributed by atoms with Gasteiger partial charge in [0.2, 0.25) is 0 Å². The second-order valence-electron chi connectivity index (χ2n) is 5.88. The molecule has 0 fully saturated rings. The zero-order chi connectivity index (χ0) is 18.7. The molecule has 26 heavy (non-hydrogen) atoms. The Bertz CT molecular complexity index is 886. The van der Waals surface area contributed by atoms with Crippen molar-refractivity contribution in [3.63, 3.8) is 0 Å². The van der Waals surface area contributed by atoms with Crippen LogP contribution in [0.15, 0.2) is 65.9 Å². The second kappa shape index (κ2) is 7.23. The van der Waals surface area contributed by atoms with Gasteiger partial charge in [0.15, 0.2) is 5.78 Å². The number of urea groups is 1. The van der Waals surface area contributed by atoms with Gasteiger partial charge >= 0.3 is 12.0 Å². The van der Waals surface area contributed by atoms with Crippen LogP contribution in [-0.2, 0) is 4.74 Å². The quantitative estimate of drug-likeness (QED) is 0.656. The maximum absolute atomic E-state index is 13.0. The zero-order valence-corrected chi connectivity index (χ0v) is 14.4. The molecule has 6 nitrogen and oxygen atoms in total. The van der Waals surface area contributed by atoms with Crippen LogP contribution in [0.5, 0.6) is 0 Å². The third-order valence-electron chi connectivity index (χ3n) is 4.21. The van der Waals surface area contributed by atoms with Gasteiger partial charge in [0.05, 0.1) is 18.7 Å². The second-order valence-corrected chi connectivity index (χ2v) is 5.88. The Hall–Kier alpha value is -3.41. The predicted molar refractivity (Wildman–Crippen MR) is 95.7 cm³/mol. The van der Waals surface area contributed by atoms with E-state index in [0.717, 1.165) is 0 Å². The number of hydrogen-bond donors (Lipinski definition) is 2. The minimum absolute atomic E-state index is 0.169. The Balaban J connectivity index is 2.00. The van der Waals surface area contributed by atoms with E-state index in [0.29, 0.717) is 28.0 Å². The van der Waals surface area contributed by atoms with Crippen LogP contribution in [0.25, 0.3) is 0 Å². The summed E-state index contributed by atoms with van der Waals surface area (Å²) < 4.78 is 4.69. The van der Waals surface area contributed by atoms with Crippen molar-refractivity contribution >= 4 is 17.8 Å². The minimum Gasteiger partial charge on any atom is -0.465 e. The number of methoxy groups -OCH3 is 1. The summed E-state index contributed by atoms with van der Waals surface area (Å²) in [5.74, 6) is -0.615. The average Bonchev–Trinajstić information content (AvgIpc) is 2.67. The van der Waals surface area contributed by atoms with Crippen molar-refractivity contribution in [2.24, 2.45) is 0 Å². The monoisotopic (exact) mass is 350 g/mol. The molecular formula is C20H18N2O4. The smallest absolute Gasteiger partial charge is 0.337 e. The fraction of sp³-hybridized carbons (Fsp3) is 0.150. The highest BCUT2D eigenvalue weighted by Gasteiger charge is 2.31. The number of amides is 2. The van der Waals surface area contributed by atoms with Crippen molar-refractivity contribution in [1.82, 2.24) is 10.6 Å². The van der Waals surface area contributed by atoms with E-state index in [9.17, 15) is 14.4 Å². The number of ether oxygens (including phenoxy) is 1. The predicted octanol–water partition coefficient (Wildman–Crippen LogP) is 2.98. The molecule has 1 aliphatic rings. The highest BCUT2D eigenvalue weighted by Crippen LogP contribution is 2.29. The summed E-state index contributed by atoms with van der Waals surface area (Å²) >= 11 is 0. The van der Waals surface area contributed by atoms with Crippen LogP contribution in [0.2, 0.25) is 0 Å². The summed E-state index contributed by atoms with van der Waals surface area (Å²) in [7, 11) is 1.31. The van der Waals surface area contributed by atoms with Crippen molar-refractivity contribution < 1.29 is 19.1 Å². The van der Waals surface area contributed by atoms with E-state index < -0.39 is 12.0 Å². The zero-order valence-electron chi connectivity index (χ0n) is 14.4. The summed E-state index contributed by atoms with van der Waals surface area (Å²) in [5, 5.41) is 5.43. The standard InChI is InChI=1S/C20H18N2O4/c1-12-16(18(23)14-6-4-3-5-7-14)17(22-20(25)21-12)13-8-10-15(11-9-13)19(24)26-2/h3-11,17H,1-2H3,(H2,21,22,25)/t17-/m0/s1. The molecule has 1 heterocycles. The number of ketones is 1. The SMILES string of the molecule is COC(=O)c1ccc([C@@H]2NC(=O)NC(C)=C2C(=O)c2ccccc2)cc1. The largest absolute Gasteiger partial charge is 0.465 e. The number of Topliss-reactive ketones (excluding diaryl/α,β-unsaturated/α-hetero) is 1. The number of nitrogens with one attached hydrogen (secondary N) is 2. The van der Waals surface area contributed by atoms with Crippen LogP contribution >= 0.6 is 0 Å². The van der Waals surface area contributed by atoms with Crippen LogP contribution in [0.3, 0.4) is 0 Å². The molecule has 0 bridgehead atoms. The Kier molecular flexibility index (Phi) is 4.84. The molecule has 2 aromatic rings. The van der Waals surface area contributed by atoms with Crippen LogP contribution in [-0.4, -0.2) is 24.9 Å². The van der Waals surface area contributed by atoms with Crippen LogP contribution in [0, 0.1) is 0 Å². The molecule has 0 unspecified atom stereocenters. The first-order valence-electron chi connectivity index (χ1n) is 8.07. The van der Waals surface area contributed by atoms with Crippen molar-refractivity contribution in [3.05, 3.63) is 82.6 Å². The van der Waals surface area contributed by atoms with Gasteiger partial charge in [-0.15, -0.1) is 0 Å². The van der Waals surface area contributed by atoms with Gasteiger partial charge in [0.1, 0.15) is 0 Å². The number of carbonyl (C=O) groups excluding carboxylic acids is 3. The number of rotatable bonds is 4. The molecule has 6 heteroatoms. The lowest BCUT2D eigenvalue weighted by atomic mass is 9.89. The minimum atomic E-state index is -0.608. The molecule has 2 amide bonds. The van der Waals surface area contributed by atoms with E-state index in [-0.39, 0.29) is 11.8 Å². The number of esters is 1. The van der Waals surface area contributed by atoms with Crippen LogP contribution in [0.1, 0.15) is 39.2 Å². The molecular weight excluding hydrogens is 332 g/mol. The Labute approximate surface area is 150 Å². The van der Waals surface area contributed by atoms with E-state index >= 15 is 0 Å². The summed E-state index contributed by atoms with van der Waals surface area (Å²) in [6.07, 6.45) is 0. The molecule has 0 saturated carbocycles.